The van der Waals surface area contributed by atoms with Crippen LogP contribution in [0.3, 0.4) is 0 Å². The molecule has 1 aromatic carbocycles. The fraction of sp³-hybridized carbons (Fsp3) is 0.417. The molecule has 1 unspecified atom stereocenters. The summed E-state index contributed by atoms with van der Waals surface area (Å²) < 4.78 is 14.0. The second kappa shape index (κ2) is 5.49. The Labute approximate surface area is 93.9 Å². The molecule has 2 aromatic rings. The fourth-order valence-corrected chi connectivity index (χ4v) is 1.52. The summed E-state index contributed by atoms with van der Waals surface area (Å²) in [6, 6.07) is 6.83. The summed E-state index contributed by atoms with van der Waals surface area (Å²) in [5.74, 6) is 0. The van der Waals surface area contributed by atoms with Gasteiger partial charge in [0.15, 0.2) is 0 Å². The van der Waals surface area contributed by atoms with Gasteiger partial charge in [-0.25, -0.2) is 4.39 Å². The van der Waals surface area contributed by atoms with E-state index in [2.05, 4.69) is 5.10 Å². The van der Waals surface area contributed by atoms with E-state index in [1.807, 2.05) is 19.9 Å². The summed E-state index contributed by atoms with van der Waals surface area (Å²) in [7, 11) is 0. The molecule has 0 aliphatic rings. The molecule has 1 aromatic heterocycles. The second-order valence-corrected chi connectivity index (χ2v) is 3.33. The molecule has 0 saturated carbocycles. The zero-order valence-corrected chi connectivity index (χ0v) is 9.83. The number of aromatic nitrogens is 2. The molecular formula is C12H17FN2O. The maximum atomic E-state index is 12.5. The first kappa shape index (κ1) is 12.5. The first-order valence-corrected chi connectivity index (χ1v) is 5.49. The highest BCUT2D eigenvalue weighted by Crippen LogP contribution is 2.14. The molecule has 1 atom stereocenters. The molecule has 1 heterocycles. The lowest BCUT2D eigenvalue weighted by Crippen LogP contribution is -2.11. The van der Waals surface area contributed by atoms with Crippen molar-refractivity contribution in [2.45, 2.75) is 26.8 Å². The first-order valence-electron chi connectivity index (χ1n) is 5.49. The fourth-order valence-electron chi connectivity index (χ4n) is 1.52. The summed E-state index contributed by atoms with van der Waals surface area (Å²) in [6.45, 7) is 5.23. The zero-order chi connectivity index (χ0) is 12.1. The number of nitrogens with zero attached hydrogens (tertiary/aromatic N) is 1. The third-order valence-corrected chi connectivity index (χ3v) is 2.29. The summed E-state index contributed by atoms with van der Waals surface area (Å²) in [5.41, 5.74) is 0.587. The number of alkyl halides is 1. The van der Waals surface area contributed by atoms with Crippen LogP contribution in [-0.4, -0.2) is 16.5 Å². The maximum absolute atomic E-state index is 12.5. The molecule has 0 radical (unpaired) electrons. The van der Waals surface area contributed by atoms with Gasteiger partial charge in [0.1, 0.15) is 6.67 Å². The van der Waals surface area contributed by atoms with E-state index in [-0.39, 0.29) is 11.6 Å². The van der Waals surface area contributed by atoms with Crippen molar-refractivity contribution >= 4 is 10.9 Å². The lowest BCUT2D eigenvalue weighted by Gasteiger charge is -2.09. The highest BCUT2D eigenvalue weighted by molar-refractivity contribution is 5.78. The summed E-state index contributed by atoms with van der Waals surface area (Å²) >= 11 is 0. The van der Waals surface area contributed by atoms with Crippen LogP contribution in [0, 0.1) is 0 Å². The van der Waals surface area contributed by atoms with Crippen LogP contribution in [0.15, 0.2) is 29.1 Å². The van der Waals surface area contributed by atoms with Crippen LogP contribution in [-0.2, 0) is 0 Å². The Morgan fingerprint density at radius 1 is 1.38 bits per heavy atom. The van der Waals surface area contributed by atoms with Crippen LogP contribution in [0.4, 0.5) is 4.39 Å². The van der Waals surface area contributed by atoms with Crippen molar-refractivity contribution in [2.75, 3.05) is 6.67 Å². The molecule has 88 valence electrons. The van der Waals surface area contributed by atoms with Crippen molar-refractivity contribution in [1.82, 2.24) is 9.78 Å². The molecule has 3 nitrogen and oxygen atoms in total. The van der Waals surface area contributed by atoms with E-state index < -0.39 is 6.67 Å². The van der Waals surface area contributed by atoms with Crippen molar-refractivity contribution in [3.8, 4) is 0 Å². The third-order valence-electron chi connectivity index (χ3n) is 2.29. The molecule has 0 fully saturated rings. The van der Waals surface area contributed by atoms with E-state index in [1.165, 1.54) is 0 Å². The molecule has 0 aliphatic carbocycles. The number of hydrogen-bond acceptors (Lipinski definition) is 1. The average molecular weight is 224 g/mol. The lowest BCUT2D eigenvalue weighted by molar-refractivity contribution is 0.362. The second-order valence-electron chi connectivity index (χ2n) is 3.33. The van der Waals surface area contributed by atoms with Crippen LogP contribution in [0.2, 0.25) is 0 Å². The van der Waals surface area contributed by atoms with Crippen molar-refractivity contribution < 1.29 is 4.39 Å². The van der Waals surface area contributed by atoms with Crippen LogP contribution in [0.5, 0.6) is 0 Å². The predicted octanol–water partition coefficient (Wildman–Crippen LogP) is 2.89. The van der Waals surface area contributed by atoms with Crippen LogP contribution < -0.4 is 5.56 Å². The Morgan fingerprint density at radius 2 is 2.00 bits per heavy atom. The van der Waals surface area contributed by atoms with Gasteiger partial charge in [-0.1, -0.05) is 26.0 Å². The monoisotopic (exact) mass is 224 g/mol. The first-order chi connectivity index (χ1) is 7.74. The molecule has 1 N–H and O–H groups in total. The van der Waals surface area contributed by atoms with Gasteiger partial charge in [0.25, 0.3) is 5.56 Å². The maximum Gasteiger partial charge on any atom is 0.271 e. The summed E-state index contributed by atoms with van der Waals surface area (Å²) in [6.07, 6.45) is 0. The average Bonchev–Trinajstić information content (AvgIpc) is 2.69. The summed E-state index contributed by atoms with van der Waals surface area (Å²) in [4.78, 5) is 11.4. The van der Waals surface area contributed by atoms with Gasteiger partial charge in [0.05, 0.1) is 16.9 Å². The molecule has 0 spiro atoms. The molecule has 0 aliphatic heterocycles. The minimum atomic E-state index is -0.491. The number of benzene rings is 1. The van der Waals surface area contributed by atoms with Crippen LogP contribution in [0.25, 0.3) is 10.9 Å². The van der Waals surface area contributed by atoms with E-state index in [0.717, 1.165) is 5.52 Å². The molecule has 4 heteroatoms. The van der Waals surface area contributed by atoms with Gasteiger partial charge in [-0.3, -0.25) is 14.6 Å². The Kier molecular flexibility index (Phi) is 4.28. The van der Waals surface area contributed by atoms with Crippen LogP contribution in [0.1, 0.15) is 26.8 Å². The lowest BCUT2D eigenvalue weighted by atomic mass is 10.2. The van der Waals surface area contributed by atoms with Gasteiger partial charge >= 0.3 is 0 Å². The molecule has 0 saturated heterocycles. The van der Waals surface area contributed by atoms with Crippen molar-refractivity contribution in [2.24, 2.45) is 0 Å². The SMILES string of the molecule is CC.CC(CF)n1[nH]c(=O)c2ccccc21. The number of fused-ring (bicyclic) bond motifs is 1. The number of hydrogen-bond donors (Lipinski definition) is 1. The normalized spacial score (nSPS) is 12.0. The Bertz CT molecular complexity index is 501. The molecule has 2 rings (SSSR count). The minimum Gasteiger partial charge on any atom is -0.279 e. The number of H-pyrrole nitrogens is 1. The van der Waals surface area contributed by atoms with Crippen molar-refractivity contribution in [3.05, 3.63) is 34.6 Å². The quantitative estimate of drug-likeness (QED) is 0.836. The van der Waals surface area contributed by atoms with Gasteiger partial charge in [-0.15, -0.1) is 0 Å². The topological polar surface area (TPSA) is 37.8 Å². The van der Waals surface area contributed by atoms with Gasteiger partial charge in [0.2, 0.25) is 0 Å². The Morgan fingerprint density at radius 3 is 2.62 bits per heavy atom. The number of halogens is 1. The molecule has 0 bridgehead atoms. The smallest absolute Gasteiger partial charge is 0.271 e. The zero-order valence-electron chi connectivity index (χ0n) is 9.83. The Balaban J connectivity index is 0.000000606. The van der Waals surface area contributed by atoms with E-state index in [1.54, 1.807) is 29.8 Å². The number of para-hydroxylation sites is 1. The number of rotatable bonds is 2. The predicted molar refractivity (Wildman–Crippen MR) is 64.6 cm³/mol. The van der Waals surface area contributed by atoms with E-state index >= 15 is 0 Å². The van der Waals surface area contributed by atoms with Gasteiger partial charge in [0, 0.05) is 0 Å². The van der Waals surface area contributed by atoms with E-state index in [4.69, 9.17) is 0 Å². The van der Waals surface area contributed by atoms with Crippen molar-refractivity contribution in [3.63, 3.8) is 0 Å². The highest BCUT2D eigenvalue weighted by Gasteiger charge is 2.10. The van der Waals surface area contributed by atoms with Gasteiger partial charge in [-0.2, -0.15) is 0 Å². The highest BCUT2D eigenvalue weighted by atomic mass is 19.1. The number of aromatic amines is 1. The minimum absolute atomic E-state index is 0.166. The van der Waals surface area contributed by atoms with Crippen molar-refractivity contribution in [1.29, 1.82) is 0 Å². The Hall–Kier alpha value is -1.58. The number of nitrogens with one attached hydrogen (secondary N) is 1. The van der Waals surface area contributed by atoms with Gasteiger partial charge < -0.3 is 0 Å². The summed E-state index contributed by atoms with van der Waals surface area (Å²) in [5, 5.41) is 3.23. The standard InChI is InChI=1S/C10H11FN2O.C2H6/c1-7(6-11)13-9-5-3-2-4-8(9)10(14)12-13;1-2/h2-5,7H,6H2,1H3,(H,12,14);1-2H3. The van der Waals surface area contributed by atoms with E-state index in [0.29, 0.717) is 5.39 Å². The third kappa shape index (κ3) is 2.15. The van der Waals surface area contributed by atoms with Gasteiger partial charge in [-0.05, 0) is 19.1 Å². The molecular weight excluding hydrogens is 207 g/mol. The van der Waals surface area contributed by atoms with Crippen LogP contribution >= 0.6 is 0 Å². The largest absolute Gasteiger partial charge is 0.279 e. The molecule has 0 amide bonds. The molecule has 16 heavy (non-hydrogen) atoms. The van der Waals surface area contributed by atoms with E-state index in [9.17, 15) is 9.18 Å².